The molecule has 2 saturated heterocycles. The van der Waals surface area contributed by atoms with Gasteiger partial charge in [0.25, 0.3) is 5.91 Å². The van der Waals surface area contributed by atoms with Gasteiger partial charge in [-0.1, -0.05) is 0 Å². The van der Waals surface area contributed by atoms with Crippen LogP contribution in [0.3, 0.4) is 0 Å². The van der Waals surface area contributed by atoms with E-state index in [4.69, 9.17) is 0 Å². The van der Waals surface area contributed by atoms with E-state index in [1.165, 1.54) is 0 Å². The number of amides is 2. The normalized spacial score (nSPS) is 19.2. The summed E-state index contributed by atoms with van der Waals surface area (Å²) in [6.07, 6.45) is 3.69. The van der Waals surface area contributed by atoms with Gasteiger partial charge in [-0.15, -0.1) is 12.4 Å². The molecule has 2 heterocycles. The molecule has 27 heavy (non-hydrogen) atoms. The maximum Gasteiger partial charge on any atom is 0.253 e. The van der Waals surface area contributed by atoms with Crippen molar-refractivity contribution in [1.29, 1.82) is 0 Å². The lowest BCUT2D eigenvalue weighted by Crippen LogP contribution is -2.55. The first-order valence-corrected chi connectivity index (χ1v) is 10.8. The van der Waals surface area contributed by atoms with Gasteiger partial charge in [-0.05, 0) is 63.0 Å². The molecule has 9 heteroatoms. The van der Waals surface area contributed by atoms with E-state index in [0.717, 1.165) is 32.2 Å². The summed E-state index contributed by atoms with van der Waals surface area (Å²) in [6, 6.07) is 6.65. The molecule has 2 N–H and O–H groups in total. The van der Waals surface area contributed by atoms with Crippen LogP contribution in [0.15, 0.2) is 24.3 Å². The Bertz CT molecular complexity index is 783. The van der Waals surface area contributed by atoms with E-state index in [1.54, 1.807) is 24.3 Å². The van der Waals surface area contributed by atoms with Gasteiger partial charge in [-0.2, -0.15) is 0 Å². The third-order valence-electron chi connectivity index (χ3n) is 5.32. The van der Waals surface area contributed by atoms with E-state index >= 15 is 0 Å². The Morgan fingerprint density at radius 2 is 1.63 bits per heavy atom. The van der Waals surface area contributed by atoms with Crippen LogP contribution >= 0.6 is 12.4 Å². The lowest BCUT2D eigenvalue weighted by atomic mass is 9.95. The Balaban J connectivity index is 0.00000261. The van der Waals surface area contributed by atoms with Crippen molar-refractivity contribution < 1.29 is 18.0 Å². The van der Waals surface area contributed by atoms with Crippen molar-refractivity contribution in [2.75, 3.05) is 37.8 Å². The van der Waals surface area contributed by atoms with Crippen LogP contribution < -0.4 is 10.6 Å². The molecule has 2 amide bonds. The summed E-state index contributed by atoms with van der Waals surface area (Å²) >= 11 is 0. The topological polar surface area (TPSA) is 95.6 Å². The van der Waals surface area contributed by atoms with Crippen molar-refractivity contribution in [1.82, 2.24) is 10.2 Å². The van der Waals surface area contributed by atoms with Gasteiger partial charge in [-0.3, -0.25) is 9.59 Å². The van der Waals surface area contributed by atoms with Crippen LogP contribution in [0, 0.1) is 0 Å². The molecule has 1 aromatic carbocycles. The molecule has 0 aromatic heterocycles. The molecule has 150 valence electrons. The lowest BCUT2D eigenvalue weighted by Gasteiger charge is -2.34. The van der Waals surface area contributed by atoms with E-state index in [9.17, 15) is 18.0 Å². The highest BCUT2D eigenvalue weighted by Gasteiger charge is 2.48. The lowest BCUT2D eigenvalue weighted by molar-refractivity contribution is -0.119. The molecule has 0 atom stereocenters. The van der Waals surface area contributed by atoms with Gasteiger partial charge in [0.1, 0.15) is 0 Å². The number of anilines is 1. The predicted molar refractivity (Wildman–Crippen MR) is 107 cm³/mol. The predicted octanol–water partition coefficient (Wildman–Crippen LogP) is 1.45. The number of hydrogen-bond acceptors (Lipinski definition) is 5. The molecule has 0 radical (unpaired) electrons. The Kier molecular flexibility index (Phi) is 6.88. The monoisotopic (exact) mass is 415 g/mol. The minimum Gasteiger partial charge on any atom is -0.339 e. The number of carbonyl (C=O) groups excluding carboxylic acids is 2. The van der Waals surface area contributed by atoms with Crippen molar-refractivity contribution in [3.8, 4) is 0 Å². The van der Waals surface area contributed by atoms with Gasteiger partial charge in [0, 0.05) is 30.6 Å². The van der Waals surface area contributed by atoms with E-state index in [1.807, 2.05) is 4.90 Å². The first-order valence-electron chi connectivity index (χ1n) is 8.95. The summed E-state index contributed by atoms with van der Waals surface area (Å²) in [4.78, 5) is 27.0. The summed E-state index contributed by atoms with van der Waals surface area (Å²) < 4.78 is 23.2. The van der Waals surface area contributed by atoms with Crippen LogP contribution in [-0.2, 0) is 14.6 Å². The fourth-order valence-corrected chi connectivity index (χ4v) is 4.97. The summed E-state index contributed by atoms with van der Waals surface area (Å²) in [6.45, 7) is 2.54. The summed E-state index contributed by atoms with van der Waals surface area (Å²) in [5.41, 5.74) is 1.07. The number of halogens is 1. The molecule has 2 aliphatic rings. The first kappa shape index (κ1) is 21.7. The number of carbonyl (C=O) groups is 2. The van der Waals surface area contributed by atoms with Gasteiger partial charge in [-0.25, -0.2) is 8.42 Å². The maximum atomic E-state index is 12.8. The van der Waals surface area contributed by atoms with Gasteiger partial charge >= 0.3 is 0 Å². The third kappa shape index (κ3) is 4.44. The van der Waals surface area contributed by atoms with Crippen LogP contribution in [0.4, 0.5) is 5.69 Å². The van der Waals surface area contributed by atoms with Crippen LogP contribution in [0.1, 0.15) is 36.0 Å². The molecule has 2 fully saturated rings. The summed E-state index contributed by atoms with van der Waals surface area (Å²) in [5.74, 6) is -0.508. The van der Waals surface area contributed by atoms with Crippen molar-refractivity contribution in [3.05, 3.63) is 29.8 Å². The average molecular weight is 416 g/mol. The van der Waals surface area contributed by atoms with Crippen LogP contribution in [-0.4, -0.2) is 62.3 Å². The molecule has 0 saturated carbocycles. The van der Waals surface area contributed by atoms with Crippen molar-refractivity contribution >= 4 is 39.7 Å². The second-order valence-electron chi connectivity index (χ2n) is 7.05. The maximum absolute atomic E-state index is 12.8. The van der Waals surface area contributed by atoms with Gasteiger partial charge < -0.3 is 15.5 Å². The molecule has 0 bridgehead atoms. The minimum atomic E-state index is -3.55. The Morgan fingerprint density at radius 1 is 1.07 bits per heavy atom. The standard InChI is InChI=1S/C18H25N3O4S.ClH/c1-26(24,25)18(8-10-19-11-9-18)17(23)20-15-6-4-14(5-7-15)16(22)21-12-2-3-13-21;/h4-7,19H,2-3,8-13H2,1H3,(H,20,23);1H. The van der Waals surface area contributed by atoms with Gasteiger partial charge in [0.05, 0.1) is 0 Å². The number of sulfone groups is 1. The Morgan fingerprint density at radius 3 is 2.15 bits per heavy atom. The van der Waals surface area contributed by atoms with Crippen molar-refractivity contribution in [3.63, 3.8) is 0 Å². The number of rotatable bonds is 4. The number of nitrogens with zero attached hydrogens (tertiary/aromatic N) is 1. The third-order valence-corrected chi connectivity index (χ3v) is 7.33. The van der Waals surface area contributed by atoms with Crippen LogP contribution in [0.2, 0.25) is 0 Å². The SMILES string of the molecule is CS(=O)(=O)C1(C(=O)Nc2ccc(C(=O)N3CCCC3)cc2)CCNCC1.Cl. The first-order chi connectivity index (χ1) is 12.3. The molecular weight excluding hydrogens is 390 g/mol. The van der Waals surface area contributed by atoms with Crippen LogP contribution in [0.25, 0.3) is 0 Å². The highest BCUT2D eigenvalue weighted by atomic mass is 35.5. The number of piperidine rings is 1. The number of benzene rings is 1. The fourth-order valence-electron chi connectivity index (χ4n) is 3.64. The smallest absolute Gasteiger partial charge is 0.253 e. The fraction of sp³-hybridized carbons (Fsp3) is 0.556. The zero-order chi connectivity index (χ0) is 18.8. The van der Waals surface area contributed by atoms with E-state index in [-0.39, 0.29) is 31.2 Å². The van der Waals surface area contributed by atoms with Crippen molar-refractivity contribution in [2.24, 2.45) is 0 Å². The molecule has 0 aliphatic carbocycles. The van der Waals surface area contributed by atoms with Gasteiger partial charge in [0.2, 0.25) is 5.91 Å². The summed E-state index contributed by atoms with van der Waals surface area (Å²) in [7, 11) is -3.55. The second-order valence-corrected chi connectivity index (χ2v) is 9.37. The van der Waals surface area contributed by atoms with Crippen molar-refractivity contribution in [2.45, 2.75) is 30.4 Å². The Hall–Kier alpha value is -1.64. The summed E-state index contributed by atoms with van der Waals surface area (Å²) in [5, 5.41) is 5.81. The molecule has 0 spiro atoms. The van der Waals surface area contributed by atoms with E-state index < -0.39 is 20.5 Å². The Labute approximate surface area is 166 Å². The highest BCUT2D eigenvalue weighted by molar-refractivity contribution is 7.92. The molecule has 2 aliphatic heterocycles. The average Bonchev–Trinajstić information content (AvgIpc) is 3.16. The van der Waals surface area contributed by atoms with Gasteiger partial charge in [0.15, 0.2) is 14.6 Å². The minimum absolute atomic E-state index is 0. The largest absolute Gasteiger partial charge is 0.339 e. The molecular formula is C18H26ClN3O4S. The molecule has 0 unspecified atom stereocenters. The molecule has 7 nitrogen and oxygen atoms in total. The molecule has 3 rings (SSSR count). The van der Waals surface area contributed by atoms with E-state index in [2.05, 4.69) is 10.6 Å². The quantitative estimate of drug-likeness (QED) is 0.776. The number of hydrogen-bond donors (Lipinski definition) is 2. The zero-order valence-corrected chi connectivity index (χ0v) is 17.0. The second kappa shape index (κ2) is 8.58. The number of nitrogens with one attached hydrogen (secondary N) is 2. The zero-order valence-electron chi connectivity index (χ0n) is 15.4. The van der Waals surface area contributed by atoms with E-state index in [0.29, 0.717) is 24.3 Å². The van der Waals surface area contributed by atoms with Crippen LogP contribution in [0.5, 0.6) is 0 Å². The number of likely N-dealkylation sites (tertiary alicyclic amines) is 1. The highest BCUT2D eigenvalue weighted by Crippen LogP contribution is 2.29. The molecule has 1 aromatic rings.